The van der Waals surface area contributed by atoms with Gasteiger partial charge in [0.05, 0.1) is 18.5 Å². The number of aromatic amines is 1. The molecular weight excluding hydrogens is 288 g/mol. The van der Waals surface area contributed by atoms with Crippen molar-refractivity contribution in [3.05, 3.63) is 64.8 Å². The summed E-state index contributed by atoms with van der Waals surface area (Å²) in [7, 11) is 1.54. The fourth-order valence-electron chi connectivity index (χ4n) is 2.99. The van der Waals surface area contributed by atoms with Crippen LogP contribution in [0.5, 0.6) is 11.5 Å². The van der Waals surface area contributed by atoms with Gasteiger partial charge < -0.3 is 9.84 Å². The Hall–Kier alpha value is -3.01. The summed E-state index contributed by atoms with van der Waals surface area (Å²) in [6.45, 7) is 0. The van der Waals surface area contributed by atoms with Gasteiger partial charge in [0.1, 0.15) is 0 Å². The molecule has 1 aliphatic carbocycles. The van der Waals surface area contributed by atoms with Crippen LogP contribution in [0.15, 0.2) is 42.5 Å². The number of benzene rings is 2. The molecule has 4 rings (SSSR count). The number of aromatic nitrogens is 2. The fraction of sp³-hybridized carbons (Fsp3) is 0.105. The zero-order valence-corrected chi connectivity index (χ0v) is 12.7. The Kier molecular flexibility index (Phi) is 3.15. The predicted octanol–water partition coefficient (Wildman–Crippen LogP) is 3.87. The molecule has 0 spiro atoms. The molecule has 0 saturated heterocycles. The highest BCUT2D eigenvalue weighted by Crippen LogP contribution is 2.37. The van der Waals surface area contributed by atoms with Crippen molar-refractivity contribution in [1.82, 2.24) is 10.2 Å². The number of methoxy groups -OCH3 is 1. The molecule has 0 atom stereocenters. The van der Waals surface area contributed by atoms with Crippen molar-refractivity contribution in [3.8, 4) is 22.8 Å². The quantitative estimate of drug-likeness (QED) is 0.604. The van der Waals surface area contributed by atoms with E-state index in [1.807, 2.05) is 24.3 Å². The average Bonchev–Trinajstić information content (AvgIpc) is 3.13. The van der Waals surface area contributed by atoms with Gasteiger partial charge in [-0.1, -0.05) is 36.4 Å². The van der Waals surface area contributed by atoms with E-state index in [2.05, 4.69) is 28.4 Å². The number of aromatic hydroxyl groups is 1. The Morgan fingerprint density at radius 2 is 2.04 bits per heavy atom. The maximum Gasteiger partial charge on any atom is 0.161 e. The molecule has 0 aliphatic heterocycles. The van der Waals surface area contributed by atoms with Crippen molar-refractivity contribution in [3.63, 3.8) is 0 Å². The van der Waals surface area contributed by atoms with E-state index < -0.39 is 0 Å². The second kappa shape index (κ2) is 5.32. The molecule has 23 heavy (non-hydrogen) atoms. The van der Waals surface area contributed by atoms with Gasteiger partial charge in [0.15, 0.2) is 11.5 Å². The lowest BCUT2D eigenvalue weighted by Gasteiger charge is -2.03. The van der Waals surface area contributed by atoms with E-state index in [4.69, 9.17) is 4.74 Å². The topological polar surface area (TPSA) is 58.1 Å². The number of fused-ring (bicyclic) bond motifs is 3. The van der Waals surface area contributed by atoms with Crippen LogP contribution in [0, 0.1) is 0 Å². The third-order valence-corrected chi connectivity index (χ3v) is 4.19. The SMILES string of the molecule is COc1cc(/C=C/c2[nH]nc3c2Cc2ccccc2-3)ccc1O. The van der Waals surface area contributed by atoms with Crippen molar-refractivity contribution < 1.29 is 9.84 Å². The molecule has 4 heteroatoms. The molecule has 1 aromatic heterocycles. The highest BCUT2D eigenvalue weighted by Gasteiger charge is 2.22. The lowest BCUT2D eigenvalue weighted by molar-refractivity contribution is 0.373. The van der Waals surface area contributed by atoms with Gasteiger partial charge in [0.25, 0.3) is 0 Å². The molecule has 114 valence electrons. The Morgan fingerprint density at radius 3 is 2.91 bits per heavy atom. The van der Waals surface area contributed by atoms with E-state index >= 15 is 0 Å². The van der Waals surface area contributed by atoms with Crippen LogP contribution in [0.3, 0.4) is 0 Å². The van der Waals surface area contributed by atoms with Gasteiger partial charge in [-0.05, 0) is 29.3 Å². The van der Waals surface area contributed by atoms with E-state index in [1.165, 1.54) is 16.7 Å². The van der Waals surface area contributed by atoms with Crippen LogP contribution in [0.2, 0.25) is 0 Å². The van der Waals surface area contributed by atoms with Crippen LogP contribution < -0.4 is 4.74 Å². The number of rotatable bonds is 3. The first-order chi connectivity index (χ1) is 11.3. The Morgan fingerprint density at radius 1 is 1.17 bits per heavy atom. The molecule has 1 aliphatic rings. The molecule has 2 aromatic carbocycles. The predicted molar refractivity (Wildman–Crippen MR) is 90.4 cm³/mol. The number of H-pyrrole nitrogens is 1. The van der Waals surface area contributed by atoms with Gasteiger partial charge in [0, 0.05) is 17.5 Å². The van der Waals surface area contributed by atoms with Crippen LogP contribution >= 0.6 is 0 Å². The highest BCUT2D eigenvalue weighted by molar-refractivity contribution is 5.80. The van der Waals surface area contributed by atoms with Gasteiger partial charge in [-0.3, -0.25) is 5.10 Å². The van der Waals surface area contributed by atoms with Crippen molar-refractivity contribution >= 4 is 12.2 Å². The smallest absolute Gasteiger partial charge is 0.161 e. The molecule has 0 radical (unpaired) electrons. The van der Waals surface area contributed by atoms with E-state index in [0.717, 1.165) is 23.4 Å². The summed E-state index contributed by atoms with van der Waals surface area (Å²) in [5.41, 5.74) is 6.78. The number of nitrogens with zero attached hydrogens (tertiary/aromatic N) is 1. The minimum Gasteiger partial charge on any atom is -0.504 e. The fourth-order valence-corrected chi connectivity index (χ4v) is 2.99. The maximum atomic E-state index is 9.65. The number of phenolic OH excluding ortho intramolecular Hbond substituents is 1. The Bertz CT molecular complexity index is 909. The van der Waals surface area contributed by atoms with Crippen molar-refractivity contribution in [2.75, 3.05) is 7.11 Å². The van der Waals surface area contributed by atoms with Gasteiger partial charge in [0.2, 0.25) is 0 Å². The first kappa shape index (κ1) is 13.6. The summed E-state index contributed by atoms with van der Waals surface area (Å²) in [4.78, 5) is 0. The second-order valence-corrected chi connectivity index (χ2v) is 5.56. The van der Waals surface area contributed by atoms with Gasteiger partial charge in [-0.25, -0.2) is 0 Å². The zero-order chi connectivity index (χ0) is 15.8. The number of hydrogen-bond donors (Lipinski definition) is 2. The van der Waals surface area contributed by atoms with Crippen LogP contribution in [-0.4, -0.2) is 22.4 Å². The average molecular weight is 304 g/mol. The van der Waals surface area contributed by atoms with E-state index in [-0.39, 0.29) is 5.75 Å². The third kappa shape index (κ3) is 2.28. The van der Waals surface area contributed by atoms with Crippen molar-refractivity contribution in [1.29, 1.82) is 0 Å². The minimum absolute atomic E-state index is 0.141. The molecule has 0 unspecified atom stereocenters. The monoisotopic (exact) mass is 304 g/mol. The molecule has 0 fully saturated rings. The van der Waals surface area contributed by atoms with E-state index in [0.29, 0.717) is 5.75 Å². The number of hydrogen-bond acceptors (Lipinski definition) is 3. The second-order valence-electron chi connectivity index (χ2n) is 5.56. The first-order valence-electron chi connectivity index (χ1n) is 7.47. The molecule has 0 amide bonds. The molecule has 3 aromatic rings. The molecule has 4 nitrogen and oxygen atoms in total. The third-order valence-electron chi connectivity index (χ3n) is 4.19. The van der Waals surface area contributed by atoms with Crippen LogP contribution in [0.1, 0.15) is 22.4 Å². The van der Waals surface area contributed by atoms with Gasteiger partial charge in [-0.15, -0.1) is 0 Å². The zero-order valence-electron chi connectivity index (χ0n) is 12.7. The largest absolute Gasteiger partial charge is 0.504 e. The number of ether oxygens (including phenoxy) is 1. The van der Waals surface area contributed by atoms with Crippen molar-refractivity contribution in [2.45, 2.75) is 6.42 Å². The minimum atomic E-state index is 0.141. The summed E-state index contributed by atoms with van der Waals surface area (Å²) in [5, 5.41) is 17.2. The highest BCUT2D eigenvalue weighted by atomic mass is 16.5. The molecule has 0 bridgehead atoms. The summed E-state index contributed by atoms with van der Waals surface area (Å²) in [6, 6.07) is 13.6. The molecule has 1 heterocycles. The van der Waals surface area contributed by atoms with Gasteiger partial charge in [-0.2, -0.15) is 5.10 Å². The van der Waals surface area contributed by atoms with E-state index in [1.54, 1.807) is 19.2 Å². The van der Waals surface area contributed by atoms with Gasteiger partial charge >= 0.3 is 0 Å². The lowest BCUT2D eigenvalue weighted by Crippen LogP contribution is -1.86. The Labute approximate surface area is 134 Å². The number of nitrogens with one attached hydrogen (secondary N) is 1. The lowest BCUT2D eigenvalue weighted by atomic mass is 10.1. The maximum absolute atomic E-state index is 9.65. The molecule has 0 saturated carbocycles. The van der Waals surface area contributed by atoms with Crippen molar-refractivity contribution in [2.24, 2.45) is 0 Å². The number of phenols is 1. The Balaban J connectivity index is 1.65. The summed E-state index contributed by atoms with van der Waals surface area (Å²) >= 11 is 0. The molecular formula is C19H16N2O2. The molecule has 2 N–H and O–H groups in total. The van der Waals surface area contributed by atoms with Crippen LogP contribution in [0.4, 0.5) is 0 Å². The van der Waals surface area contributed by atoms with Crippen LogP contribution in [-0.2, 0) is 6.42 Å². The summed E-state index contributed by atoms with van der Waals surface area (Å²) < 4.78 is 5.13. The standard InChI is InChI=1S/C19H16N2O2/c1-23-18-10-12(7-9-17(18)22)6-8-16-15-11-13-4-2-3-5-14(13)19(15)21-20-16/h2-10,22H,11H2,1H3,(H,20,21)/b8-6+. The normalized spacial score (nSPS) is 12.4. The summed E-state index contributed by atoms with van der Waals surface area (Å²) in [5.74, 6) is 0.608. The van der Waals surface area contributed by atoms with E-state index in [9.17, 15) is 5.11 Å². The summed E-state index contributed by atoms with van der Waals surface area (Å²) in [6.07, 6.45) is 4.91. The first-order valence-corrected chi connectivity index (χ1v) is 7.47. The van der Waals surface area contributed by atoms with Crippen LogP contribution in [0.25, 0.3) is 23.4 Å².